The second-order valence-electron chi connectivity index (χ2n) is 6.21. The number of nitrogens with one attached hydrogen (secondary N) is 1. The molecule has 4 rings (SSSR count). The van der Waals surface area contributed by atoms with Crippen molar-refractivity contribution in [3.05, 3.63) is 77.6 Å². The van der Waals surface area contributed by atoms with Crippen LogP contribution in [0, 0.1) is 12.7 Å². The summed E-state index contributed by atoms with van der Waals surface area (Å²) in [5.74, 6) is 0.700. The Balaban J connectivity index is 1.71. The van der Waals surface area contributed by atoms with Gasteiger partial charge in [-0.3, -0.25) is 0 Å². The number of halogens is 1. The van der Waals surface area contributed by atoms with E-state index in [4.69, 9.17) is 0 Å². The van der Waals surface area contributed by atoms with E-state index in [1.165, 1.54) is 17.2 Å². The zero-order valence-electron chi connectivity index (χ0n) is 14.5. The quantitative estimate of drug-likeness (QED) is 0.594. The van der Waals surface area contributed by atoms with Crippen LogP contribution in [-0.2, 0) is 0 Å². The molecule has 0 bridgehead atoms. The molecule has 0 spiro atoms. The zero-order valence-corrected chi connectivity index (χ0v) is 14.5. The molecule has 1 N–H and O–H groups in total. The average molecular weight is 347 g/mol. The lowest BCUT2D eigenvalue weighted by Crippen LogP contribution is -2.10. The molecule has 0 unspecified atom stereocenters. The Labute approximate surface area is 150 Å². The van der Waals surface area contributed by atoms with Crippen molar-refractivity contribution in [3.8, 4) is 11.4 Å². The van der Waals surface area contributed by atoms with Gasteiger partial charge in [0.25, 0.3) is 0 Å². The van der Waals surface area contributed by atoms with Crippen molar-refractivity contribution in [2.75, 3.05) is 5.32 Å². The summed E-state index contributed by atoms with van der Waals surface area (Å²) in [6.07, 6.45) is 0. The van der Waals surface area contributed by atoms with Gasteiger partial charge >= 0.3 is 0 Å². The molecule has 1 atom stereocenters. The van der Waals surface area contributed by atoms with E-state index in [0.717, 1.165) is 0 Å². The van der Waals surface area contributed by atoms with Crippen LogP contribution in [0.15, 0.2) is 60.7 Å². The minimum atomic E-state index is -0.352. The normalized spacial score (nSPS) is 12.3. The Hall–Kier alpha value is -3.28. The largest absolute Gasteiger partial charge is 0.362 e. The molecule has 2 aromatic carbocycles. The average Bonchev–Trinajstić information content (AvgIpc) is 3.05. The Morgan fingerprint density at radius 1 is 0.962 bits per heavy atom. The van der Waals surface area contributed by atoms with Crippen LogP contribution in [0.4, 0.5) is 10.2 Å². The molecule has 0 aliphatic heterocycles. The monoisotopic (exact) mass is 347 g/mol. The lowest BCUT2D eigenvalue weighted by molar-refractivity contribution is 0.629. The van der Waals surface area contributed by atoms with Gasteiger partial charge in [-0.15, -0.1) is 15.3 Å². The predicted molar refractivity (Wildman–Crippen MR) is 99.4 cm³/mol. The standard InChI is InChI=1S/C20H18FN5/c1-13-7-3-4-8-15(13)14(2)22-18-11-12-19-23-24-20(26(19)25-18)16-9-5-6-10-17(16)21/h3-12,14H,1-2H3,(H,22,25)/t14-/m0/s1. The lowest BCUT2D eigenvalue weighted by atomic mass is 10.0. The summed E-state index contributed by atoms with van der Waals surface area (Å²) in [6, 6.07) is 18.4. The highest BCUT2D eigenvalue weighted by Crippen LogP contribution is 2.23. The Bertz CT molecular complexity index is 1070. The molecule has 0 radical (unpaired) electrons. The number of nitrogens with zero attached hydrogens (tertiary/aromatic N) is 4. The van der Waals surface area contributed by atoms with Gasteiger partial charge in [-0.25, -0.2) is 4.39 Å². The van der Waals surface area contributed by atoms with Crippen LogP contribution in [0.1, 0.15) is 24.1 Å². The Morgan fingerprint density at radius 2 is 1.73 bits per heavy atom. The summed E-state index contributed by atoms with van der Waals surface area (Å²) in [7, 11) is 0. The van der Waals surface area contributed by atoms with Gasteiger partial charge in [0.2, 0.25) is 0 Å². The fourth-order valence-corrected chi connectivity index (χ4v) is 3.05. The van der Waals surface area contributed by atoms with Crippen molar-refractivity contribution in [1.82, 2.24) is 19.8 Å². The number of hydrogen-bond acceptors (Lipinski definition) is 4. The number of aryl methyl sites for hydroxylation is 1. The van der Waals surface area contributed by atoms with E-state index in [1.54, 1.807) is 22.7 Å². The predicted octanol–water partition coefficient (Wildman–Crippen LogP) is 4.41. The topological polar surface area (TPSA) is 55.1 Å². The number of aromatic nitrogens is 4. The van der Waals surface area contributed by atoms with E-state index in [2.05, 4.69) is 46.6 Å². The van der Waals surface area contributed by atoms with Gasteiger partial charge in [-0.05, 0) is 49.2 Å². The number of anilines is 1. The summed E-state index contributed by atoms with van der Waals surface area (Å²) in [4.78, 5) is 0. The van der Waals surface area contributed by atoms with Crippen molar-refractivity contribution in [3.63, 3.8) is 0 Å². The van der Waals surface area contributed by atoms with Crippen molar-refractivity contribution in [2.24, 2.45) is 0 Å². The first-order valence-electron chi connectivity index (χ1n) is 8.43. The van der Waals surface area contributed by atoms with Gasteiger partial charge in [0, 0.05) is 0 Å². The first kappa shape index (κ1) is 16.2. The summed E-state index contributed by atoms with van der Waals surface area (Å²) in [5.41, 5.74) is 3.35. The van der Waals surface area contributed by atoms with Gasteiger partial charge in [-0.2, -0.15) is 4.52 Å². The molecule has 0 fully saturated rings. The van der Waals surface area contributed by atoms with Crippen molar-refractivity contribution >= 4 is 11.5 Å². The SMILES string of the molecule is Cc1ccccc1[C@H](C)Nc1ccc2nnc(-c3ccccc3F)n2n1. The molecule has 4 aromatic rings. The van der Waals surface area contributed by atoms with E-state index >= 15 is 0 Å². The fraction of sp³-hybridized carbons (Fsp3) is 0.150. The van der Waals surface area contributed by atoms with Crippen LogP contribution in [0.5, 0.6) is 0 Å². The molecule has 0 saturated heterocycles. The molecule has 5 nitrogen and oxygen atoms in total. The molecule has 0 amide bonds. The molecule has 0 aliphatic rings. The lowest BCUT2D eigenvalue weighted by Gasteiger charge is -2.17. The molecular weight excluding hydrogens is 329 g/mol. The highest BCUT2D eigenvalue weighted by atomic mass is 19.1. The highest BCUT2D eigenvalue weighted by Gasteiger charge is 2.14. The van der Waals surface area contributed by atoms with Crippen LogP contribution in [0.3, 0.4) is 0 Å². The molecule has 130 valence electrons. The van der Waals surface area contributed by atoms with Crippen LogP contribution in [0.2, 0.25) is 0 Å². The summed E-state index contributed by atoms with van der Waals surface area (Å²) < 4.78 is 15.7. The van der Waals surface area contributed by atoms with E-state index in [1.807, 2.05) is 24.3 Å². The smallest absolute Gasteiger partial charge is 0.188 e. The molecule has 0 aliphatic carbocycles. The van der Waals surface area contributed by atoms with Crippen molar-refractivity contribution in [1.29, 1.82) is 0 Å². The maximum atomic E-state index is 14.1. The molecule has 6 heteroatoms. The molecule has 26 heavy (non-hydrogen) atoms. The van der Waals surface area contributed by atoms with Crippen LogP contribution >= 0.6 is 0 Å². The minimum absolute atomic E-state index is 0.0783. The van der Waals surface area contributed by atoms with E-state index in [9.17, 15) is 4.39 Å². The maximum Gasteiger partial charge on any atom is 0.188 e. The number of hydrogen-bond donors (Lipinski definition) is 1. The number of fused-ring (bicyclic) bond motifs is 1. The third kappa shape index (κ3) is 2.90. The van der Waals surface area contributed by atoms with E-state index in [-0.39, 0.29) is 11.9 Å². The van der Waals surface area contributed by atoms with E-state index < -0.39 is 0 Å². The van der Waals surface area contributed by atoms with Crippen LogP contribution < -0.4 is 5.32 Å². The van der Waals surface area contributed by atoms with Gasteiger partial charge in [0.05, 0.1) is 11.6 Å². The molecule has 2 heterocycles. The Kier molecular flexibility index (Phi) is 4.08. The summed E-state index contributed by atoms with van der Waals surface area (Å²) >= 11 is 0. The third-order valence-electron chi connectivity index (χ3n) is 4.40. The van der Waals surface area contributed by atoms with Crippen molar-refractivity contribution in [2.45, 2.75) is 19.9 Å². The van der Waals surface area contributed by atoms with E-state index in [0.29, 0.717) is 22.9 Å². The van der Waals surface area contributed by atoms with Crippen LogP contribution in [-0.4, -0.2) is 19.8 Å². The second-order valence-corrected chi connectivity index (χ2v) is 6.21. The summed E-state index contributed by atoms with van der Waals surface area (Å²) in [5, 5.41) is 16.1. The highest BCUT2D eigenvalue weighted by molar-refractivity contribution is 5.60. The first-order valence-corrected chi connectivity index (χ1v) is 8.43. The van der Waals surface area contributed by atoms with Crippen molar-refractivity contribution < 1.29 is 4.39 Å². The van der Waals surface area contributed by atoms with Gasteiger partial charge in [0.15, 0.2) is 11.5 Å². The molecule has 0 saturated carbocycles. The molecule has 2 aromatic heterocycles. The fourth-order valence-electron chi connectivity index (χ4n) is 3.05. The van der Waals surface area contributed by atoms with Gasteiger partial charge < -0.3 is 5.32 Å². The minimum Gasteiger partial charge on any atom is -0.362 e. The number of rotatable bonds is 4. The summed E-state index contributed by atoms with van der Waals surface area (Å²) in [6.45, 7) is 4.17. The van der Waals surface area contributed by atoms with Gasteiger partial charge in [0.1, 0.15) is 11.6 Å². The van der Waals surface area contributed by atoms with Crippen LogP contribution in [0.25, 0.3) is 17.0 Å². The maximum absolute atomic E-state index is 14.1. The molecular formula is C20H18FN5. The second kappa shape index (κ2) is 6.55. The number of benzene rings is 2. The third-order valence-corrected chi connectivity index (χ3v) is 4.40. The zero-order chi connectivity index (χ0) is 18.1. The van der Waals surface area contributed by atoms with Gasteiger partial charge in [-0.1, -0.05) is 36.4 Å². The first-order chi connectivity index (χ1) is 12.6. The Morgan fingerprint density at radius 3 is 2.54 bits per heavy atom.